The minimum absolute atomic E-state index is 0.284. The minimum atomic E-state index is -1.10. The lowest BCUT2D eigenvalue weighted by Crippen LogP contribution is -2.35. The average molecular weight is 319 g/mol. The number of halogens is 2. The lowest BCUT2D eigenvalue weighted by molar-refractivity contribution is -0.129. The second-order valence-electron chi connectivity index (χ2n) is 4.88. The Morgan fingerprint density at radius 2 is 1.83 bits per heavy atom. The van der Waals surface area contributed by atoms with Crippen molar-refractivity contribution >= 4 is 11.9 Å². The van der Waals surface area contributed by atoms with Gasteiger partial charge >= 0.3 is 5.97 Å². The van der Waals surface area contributed by atoms with Gasteiger partial charge in [0.1, 0.15) is 11.6 Å². The molecule has 6 heteroatoms. The Morgan fingerprint density at radius 1 is 1.13 bits per heavy atom. The zero-order valence-corrected chi connectivity index (χ0v) is 12.4. The standard InChI is InChI=1S/C17H15F2NO3/c1-11(16(21)20-10-12-5-3-2-4-6-12)23-17(22)14-8-7-13(18)9-15(14)19/h2-9,11H,10H2,1H3,(H,20,21). The molecule has 0 radical (unpaired) electrons. The first-order chi connectivity index (χ1) is 11.0. The number of esters is 1. The third-order valence-corrected chi connectivity index (χ3v) is 3.11. The molecule has 2 aromatic rings. The van der Waals surface area contributed by atoms with Crippen LogP contribution in [-0.2, 0) is 16.1 Å². The van der Waals surface area contributed by atoms with Gasteiger partial charge in [-0.05, 0) is 24.6 Å². The van der Waals surface area contributed by atoms with Crippen molar-refractivity contribution in [2.75, 3.05) is 0 Å². The van der Waals surface area contributed by atoms with Crippen LogP contribution in [0.5, 0.6) is 0 Å². The Bertz CT molecular complexity index is 704. The van der Waals surface area contributed by atoms with E-state index in [1.54, 1.807) is 0 Å². The van der Waals surface area contributed by atoms with Gasteiger partial charge in [-0.3, -0.25) is 4.79 Å². The molecule has 0 aromatic heterocycles. The summed E-state index contributed by atoms with van der Waals surface area (Å²) in [6.07, 6.45) is -1.10. The van der Waals surface area contributed by atoms with Crippen LogP contribution >= 0.6 is 0 Å². The normalized spacial score (nSPS) is 11.6. The quantitative estimate of drug-likeness (QED) is 0.862. The lowest BCUT2D eigenvalue weighted by atomic mass is 10.2. The van der Waals surface area contributed by atoms with Crippen LogP contribution in [0.2, 0.25) is 0 Å². The first kappa shape index (κ1) is 16.6. The largest absolute Gasteiger partial charge is 0.449 e. The highest BCUT2D eigenvalue weighted by Crippen LogP contribution is 2.12. The summed E-state index contributed by atoms with van der Waals surface area (Å²) in [6.45, 7) is 1.66. The summed E-state index contributed by atoms with van der Waals surface area (Å²) in [5.41, 5.74) is 0.470. The number of benzene rings is 2. The number of amides is 1. The van der Waals surface area contributed by atoms with Gasteiger partial charge in [-0.2, -0.15) is 0 Å². The van der Waals surface area contributed by atoms with Gasteiger partial charge in [0.2, 0.25) is 0 Å². The summed E-state index contributed by atoms with van der Waals surface area (Å²) < 4.78 is 31.2. The van der Waals surface area contributed by atoms with Gasteiger partial charge in [-0.15, -0.1) is 0 Å². The molecule has 0 bridgehead atoms. The van der Waals surface area contributed by atoms with E-state index >= 15 is 0 Å². The molecule has 120 valence electrons. The van der Waals surface area contributed by atoms with Crippen molar-refractivity contribution in [3.8, 4) is 0 Å². The van der Waals surface area contributed by atoms with E-state index in [2.05, 4.69) is 5.32 Å². The van der Waals surface area contributed by atoms with Crippen LogP contribution in [0, 0.1) is 11.6 Å². The first-order valence-corrected chi connectivity index (χ1v) is 6.95. The van der Waals surface area contributed by atoms with Crippen LogP contribution in [-0.4, -0.2) is 18.0 Å². The second kappa shape index (κ2) is 7.49. The molecule has 2 rings (SSSR count). The number of nitrogens with one attached hydrogen (secondary N) is 1. The van der Waals surface area contributed by atoms with Crippen molar-refractivity contribution in [1.29, 1.82) is 0 Å². The van der Waals surface area contributed by atoms with Crippen molar-refractivity contribution < 1.29 is 23.1 Å². The molecule has 1 amide bonds. The fraction of sp³-hybridized carbons (Fsp3) is 0.176. The Kier molecular flexibility index (Phi) is 5.41. The number of ether oxygens (including phenoxy) is 1. The molecular weight excluding hydrogens is 304 g/mol. The molecule has 0 fully saturated rings. The molecular formula is C17H15F2NO3. The van der Waals surface area contributed by atoms with Crippen molar-refractivity contribution in [2.24, 2.45) is 0 Å². The summed E-state index contributed by atoms with van der Waals surface area (Å²) in [5.74, 6) is -3.37. The number of rotatable bonds is 5. The van der Waals surface area contributed by atoms with Gasteiger partial charge in [-0.1, -0.05) is 30.3 Å². The Morgan fingerprint density at radius 3 is 2.48 bits per heavy atom. The molecule has 1 unspecified atom stereocenters. The molecule has 0 aliphatic rings. The Hall–Kier alpha value is -2.76. The summed E-state index contributed by atoms with van der Waals surface area (Å²) in [6, 6.07) is 11.7. The summed E-state index contributed by atoms with van der Waals surface area (Å²) in [5, 5.41) is 2.61. The Balaban J connectivity index is 1.91. The molecule has 0 spiro atoms. The third-order valence-electron chi connectivity index (χ3n) is 3.11. The van der Waals surface area contributed by atoms with Crippen LogP contribution in [0.3, 0.4) is 0 Å². The van der Waals surface area contributed by atoms with E-state index in [1.807, 2.05) is 30.3 Å². The van der Waals surface area contributed by atoms with Crippen molar-refractivity contribution in [3.05, 3.63) is 71.3 Å². The van der Waals surface area contributed by atoms with E-state index < -0.39 is 35.2 Å². The fourth-order valence-corrected chi connectivity index (χ4v) is 1.86. The van der Waals surface area contributed by atoms with E-state index in [1.165, 1.54) is 6.92 Å². The first-order valence-electron chi connectivity index (χ1n) is 6.95. The summed E-state index contributed by atoms with van der Waals surface area (Å²) in [7, 11) is 0. The van der Waals surface area contributed by atoms with Gasteiger partial charge in [-0.25, -0.2) is 13.6 Å². The van der Waals surface area contributed by atoms with Gasteiger partial charge in [0.15, 0.2) is 6.10 Å². The summed E-state index contributed by atoms with van der Waals surface area (Å²) >= 11 is 0. The van der Waals surface area contributed by atoms with Crippen LogP contribution in [0.4, 0.5) is 8.78 Å². The molecule has 0 saturated heterocycles. The second-order valence-corrected chi connectivity index (χ2v) is 4.88. The zero-order valence-electron chi connectivity index (χ0n) is 12.4. The molecule has 4 nitrogen and oxygen atoms in total. The monoisotopic (exact) mass is 319 g/mol. The van der Waals surface area contributed by atoms with Crippen molar-refractivity contribution in [2.45, 2.75) is 19.6 Å². The maximum Gasteiger partial charge on any atom is 0.341 e. The lowest BCUT2D eigenvalue weighted by Gasteiger charge is -2.14. The summed E-state index contributed by atoms with van der Waals surface area (Å²) in [4.78, 5) is 23.7. The highest BCUT2D eigenvalue weighted by atomic mass is 19.1. The van der Waals surface area contributed by atoms with Gasteiger partial charge in [0.05, 0.1) is 5.56 Å². The zero-order chi connectivity index (χ0) is 16.8. The SMILES string of the molecule is CC(OC(=O)c1ccc(F)cc1F)C(=O)NCc1ccccc1. The van der Waals surface area contributed by atoms with Gasteiger partial charge in [0.25, 0.3) is 5.91 Å². The van der Waals surface area contributed by atoms with Gasteiger partial charge in [0, 0.05) is 12.6 Å². The van der Waals surface area contributed by atoms with Crippen molar-refractivity contribution in [3.63, 3.8) is 0 Å². The molecule has 0 heterocycles. The van der Waals surface area contributed by atoms with E-state index in [0.29, 0.717) is 6.07 Å². The van der Waals surface area contributed by atoms with Crippen molar-refractivity contribution in [1.82, 2.24) is 5.32 Å². The topological polar surface area (TPSA) is 55.4 Å². The van der Waals surface area contributed by atoms with E-state index in [-0.39, 0.29) is 6.54 Å². The van der Waals surface area contributed by atoms with Gasteiger partial charge < -0.3 is 10.1 Å². The van der Waals surface area contributed by atoms with E-state index in [9.17, 15) is 18.4 Å². The number of hydrogen-bond acceptors (Lipinski definition) is 3. The highest BCUT2D eigenvalue weighted by molar-refractivity contribution is 5.92. The maximum atomic E-state index is 13.5. The minimum Gasteiger partial charge on any atom is -0.449 e. The van der Waals surface area contributed by atoms with Crippen LogP contribution in [0.1, 0.15) is 22.8 Å². The molecule has 1 N–H and O–H groups in total. The van der Waals surface area contributed by atoms with Crippen LogP contribution in [0.15, 0.2) is 48.5 Å². The molecule has 1 atom stereocenters. The third kappa shape index (κ3) is 4.60. The molecule has 2 aromatic carbocycles. The average Bonchev–Trinajstić information content (AvgIpc) is 2.53. The number of carbonyl (C=O) groups is 2. The maximum absolute atomic E-state index is 13.5. The van der Waals surface area contributed by atoms with E-state index in [4.69, 9.17) is 4.74 Å². The smallest absolute Gasteiger partial charge is 0.341 e. The predicted molar refractivity (Wildman–Crippen MR) is 79.5 cm³/mol. The molecule has 0 saturated carbocycles. The number of carbonyl (C=O) groups excluding carboxylic acids is 2. The molecule has 0 aliphatic carbocycles. The Labute approximate surface area is 132 Å². The predicted octanol–water partition coefficient (Wildman–Crippen LogP) is 2.83. The fourth-order valence-electron chi connectivity index (χ4n) is 1.86. The number of hydrogen-bond donors (Lipinski definition) is 1. The van der Waals surface area contributed by atoms with Crippen LogP contribution in [0.25, 0.3) is 0 Å². The van der Waals surface area contributed by atoms with E-state index in [0.717, 1.165) is 17.7 Å². The molecule has 0 aliphatic heterocycles. The molecule has 23 heavy (non-hydrogen) atoms. The highest BCUT2D eigenvalue weighted by Gasteiger charge is 2.21. The van der Waals surface area contributed by atoms with Crippen LogP contribution < -0.4 is 5.32 Å².